The predicted octanol–water partition coefficient (Wildman–Crippen LogP) is 5.41. The molecule has 160 valence electrons. The molecule has 4 nitrogen and oxygen atoms in total. The highest BCUT2D eigenvalue weighted by atomic mass is 16.2. The molecule has 6 rings (SSSR count). The third-order valence-electron chi connectivity index (χ3n) is 8.29. The number of rotatable bonds is 9. The van der Waals surface area contributed by atoms with E-state index in [1.54, 1.807) is 24.3 Å². The summed E-state index contributed by atoms with van der Waals surface area (Å²) in [7, 11) is 0. The van der Waals surface area contributed by atoms with Crippen molar-refractivity contribution in [1.29, 1.82) is 0 Å². The topological polar surface area (TPSA) is 54.5 Å². The van der Waals surface area contributed by atoms with Crippen LogP contribution in [0.1, 0.15) is 97.8 Å². The van der Waals surface area contributed by atoms with E-state index in [2.05, 4.69) is 0 Å². The minimum absolute atomic E-state index is 0.0558. The van der Waals surface area contributed by atoms with Crippen LogP contribution in [0.25, 0.3) is 0 Å². The van der Waals surface area contributed by atoms with Gasteiger partial charge in [-0.3, -0.25) is 19.3 Å². The maximum atomic E-state index is 13.1. The van der Waals surface area contributed by atoms with Gasteiger partial charge in [-0.1, -0.05) is 31.4 Å². The lowest BCUT2D eigenvalue weighted by molar-refractivity contribution is -0.144. The lowest BCUT2D eigenvalue weighted by Crippen LogP contribution is -2.49. The Hall–Kier alpha value is -1.97. The molecule has 1 heterocycles. The average molecular weight is 408 g/mol. The van der Waals surface area contributed by atoms with Gasteiger partial charge in [-0.2, -0.15) is 0 Å². The summed E-state index contributed by atoms with van der Waals surface area (Å²) in [5.74, 6) is 2.76. The maximum absolute atomic E-state index is 13.1. The normalized spacial score (nSPS) is 31.5. The number of carbonyl (C=O) groups excluding carboxylic acids is 3. The molecule has 0 saturated heterocycles. The highest BCUT2D eigenvalue weighted by Crippen LogP contribution is 2.60. The van der Waals surface area contributed by atoms with Gasteiger partial charge in [-0.05, 0) is 81.3 Å². The van der Waals surface area contributed by atoms with Crippen molar-refractivity contribution in [3.8, 4) is 0 Å². The fourth-order valence-electron chi connectivity index (χ4n) is 7.25. The van der Waals surface area contributed by atoms with E-state index in [-0.39, 0.29) is 17.2 Å². The number of nitrogens with zero attached hydrogens (tertiary/aromatic N) is 1. The minimum atomic E-state index is -0.156. The summed E-state index contributed by atoms with van der Waals surface area (Å²) in [5.41, 5.74) is 1.12. The molecule has 30 heavy (non-hydrogen) atoms. The van der Waals surface area contributed by atoms with Gasteiger partial charge in [0.05, 0.1) is 11.1 Å². The van der Waals surface area contributed by atoms with Crippen LogP contribution in [-0.2, 0) is 4.79 Å². The molecule has 0 N–H and O–H groups in total. The van der Waals surface area contributed by atoms with Crippen LogP contribution in [0.2, 0.25) is 0 Å². The van der Waals surface area contributed by atoms with Crippen LogP contribution in [0.15, 0.2) is 24.3 Å². The van der Waals surface area contributed by atoms with Gasteiger partial charge < -0.3 is 0 Å². The van der Waals surface area contributed by atoms with E-state index in [0.29, 0.717) is 23.5 Å². The Morgan fingerprint density at radius 2 is 1.30 bits per heavy atom. The summed E-state index contributed by atoms with van der Waals surface area (Å²) in [4.78, 5) is 39.2. The zero-order valence-corrected chi connectivity index (χ0v) is 17.9. The number of hydrogen-bond acceptors (Lipinski definition) is 3. The number of fused-ring (bicyclic) bond motifs is 1. The van der Waals surface area contributed by atoms with Crippen molar-refractivity contribution >= 4 is 17.6 Å². The first-order valence-corrected chi connectivity index (χ1v) is 12.0. The van der Waals surface area contributed by atoms with E-state index in [4.69, 9.17) is 0 Å². The van der Waals surface area contributed by atoms with Gasteiger partial charge in [0.15, 0.2) is 0 Å². The lowest BCUT2D eigenvalue weighted by Gasteiger charge is -2.56. The van der Waals surface area contributed by atoms with Crippen LogP contribution in [0.4, 0.5) is 0 Å². The summed E-state index contributed by atoms with van der Waals surface area (Å²) in [6, 6.07) is 7.07. The molecule has 4 saturated carbocycles. The molecule has 4 fully saturated rings. The number of Topliss-reactive ketones (excluding diaryl/α,β-unsaturated/α-hetero) is 1. The van der Waals surface area contributed by atoms with Crippen molar-refractivity contribution in [2.75, 3.05) is 6.54 Å². The monoisotopic (exact) mass is 407 g/mol. The fraction of sp³-hybridized carbons (Fsp3) is 0.654. The van der Waals surface area contributed by atoms with Gasteiger partial charge in [-0.25, -0.2) is 0 Å². The van der Waals surface area contributed by atoms with Gasteiger partial charge in [0.2, 0.25) is 0 Å². The van der Waals surface area contributed by atoms with E-state index in [1.165, 1.54) is 43.4 Å². The molecule has 1 aromatic rings. The Morgan fingerprint density at radius 1 is 0.800 bits per heavy atom. The predicted molar refractivity (Wildman–Crippen MR) is 115 cm³/mol. The molecule has 1 aromatic carbocycles. The highest BCUT2D eigenvalue weighted by Gasteiger charge is 2.53. The van der Waals surface area contributed by atoms with Crippen molar-refractivity contribution in [2.45, 2.75) is 77.0 Å². The summed E-state index contributed by atoms with van der Waals surface area (Å²) in [6.07, 6.45) is 13.4. The number of amides is 2. The molecule has 5 aliphatic rings. The molecule has 0 atom stereocenters. The Labute approximate surface area is 179 Å². The SMILES string of the molecule is O=C1c2ccccc2C(=O)N1CCCCCCCC(=O)C12CC3CC(CC(C3)C1)C2. The standard InChI is InChI=1S/C26H33NO3/c28-23(26-15-18-12-19(16-26)14-20(13-18)17-26)10-4-2-1-3-7-11-27-24(29)21-8-5-6-9-22(21)25(27)30/h5-6,8-9,18-20H,1-4,7,10-17H2. The first-order valence-electron chi connectivity index (χ1n) is 12.0. The smallest absolute Gasteiger partial charge is 0.261 e. The number of unbranched alkanes of at least 4 members (excludes halogenated alkanes) is 4. The van der Waals surface area contributed by atoms with Gasteiger partial charge in [0.1, 0.15) is 5.78 Å². The summed E-state index contributed by atoms with van der Waals surface area (Å²) in [5, 5.41) is 0. The largest absolute Gasteiger partial charge is 0.299 e. The molecule has 0 aromatic heterocycles. The molecular formula is C26H33NO3. The van der Waals surface area contributed by atoms with E-state index in [9.17, 15) is 14.4 Å². The summed E-state index contributed by atoms with van der Waals surface area (Å²) >= 11 is 0. The second-order valence-corrected chi connectivity index (χ2v) is 10.4. The summed E-state index contributed by atoms with van der Waals surface area (Å²) in [6.45, 7) is 0.499. The van der Waals surface area contributed by atoms with Crippen LogP contribution < -0.4 is 0 Å². The number of benzene rings is 1. The van der Waals surface area contributed by atoms with Gasteiger partial charge >= 0.3 is 0 Å². The zero-order chi connectivity index (χ0) is 20.7. The molecule has 1 aliphatic heterocycles. The number of carbonyl (C=O) groups is 3. The first kappa shape index (κ1) is 20.0. The van der Waals surface area contributed by atoms with Crippen LogP contribution in [0, 0.1) is 23.2 Å². The lowest BCUT2D eigenvalue weighted by atomic mass is 9.48. The Bertz CT molecular complexity index is 787. The Balaban J connectivity index is 1.01. The molecular weight excluding hydrogens is 374 g/mol. The molecule has 4 heteroatoms. The van der Waals surface area contributed by atoms with Crippen molar-refractivity contribution in [2.24, 2.45) is 23.2 Å². The van der Waals surface area contributed by atoms with E-state index in [0.717, 1.165) is 56.3 Å². The zero-order valence-electron chi connectivity index (χ0n) is 17.9. The van der Waals surface area contributed by atoms with E-state index >= 15 is 0 Å². The van der Waals surface area contributed by atoms with Crippen LogP contribution in [-0.4, -0.2) is 29.0 Å². The van der Waals surface area contributed by atoms with Crippen LogP contribution in [0.5, 0.6) is 0 Å². The molecule has 0 radical (unpaired) electrons. The van der Waals surface area contributed by atoms with Gasteiger partial charge in [0.25, 0.3) is 11.8 Å². The number of ketones is 1. The van der Waals surface area contributed by atoms with Crippen molar-refractivity contribution < 1.29 is 14.4 Å². The van der Waals surface area contributed by atoms with E-state index in [1.807, 2.05) is 0 Å². The molecule has 4 aliphatic carbocycles. The van der Waals surface area contributed by atoms with Crippen molar-refractivity contribution in [3.63, 3.8) is 0 Å². The molecule has 0 spiro atoms. The third-order valence-corrected chi connectivity index (χ3v) is 8.29. The molecule has 2 amide bonds. The molecule has 4 bridgehead atoms. The van der Waals surface area contributed by atoms with Gasteiger partial charge in [-0.15, -0.1) is 0 Å². The second-order valence-electron chi connectivity index (χ2n) is 10.4. The summed E-state index contributed by atoms with van der Waals surface area (Å²) < 4.78 is 0. The first-order chi connectivity index (χ1) is 14.6. The Kier molecular flexibility index (Phi) is 5.28. The quantitative estimate of drug-likeness (QED) is 0.406. The molecule has 0 unspecified atom stereocenters. The number of imide groups is 1. The van der Waals surface area contributed by atoms with E-state index < -0.39 is 0 Å². The van der Waals surface area contributed by atoms with Crippen LogP contribution in [0.3, 0.4) is 0 Å². The average Bonchev–Trinajstić information content (AvgIpc) is 2.97. The fourth-order valence-corrected chi connectivity index (χ4v) is 7.25. The Morgan fingerprint density at radius 3 is 1.87 bits per heavy atom. The second kappa shape index (κ2) is 7.94. The van der Waals surface area contributed by atoms with Crippen molar-refractivity contribution in [1.82, 2.24) is 4.90 Å². The third kappa shape index (κ3) is 3.52. The van der Waals surface area contributed by atoms with Crippen LogP contribution >= 0.6 is 0 Å². The number of hydrogen-bond donors (Lipinski definition) is 0. The minimum Gasteiger partial charge on any atom is -0.299 e. The highest BCUT2D eigenvalue weighted by molar-refractivity contribution is 6.21. The van der Waals surface area contributed by atoms with Crippen molar-refractivity contribution in [3.05, 3.63) is 35.4 Å². The maximum Gasteiger partial charge on any atom is 0.261 e. The van der Waals surface area contributed by atoms with Gasteiger partial charge in [0, 0.05) is 18.4 Å².